The summed E-state index contributed by atoms with van der Waals surface area (Å²) >= 11 is 2.11. The van der Waals surface area contributed by atoms with Gasteiger partial charge in [0, 0.05) is 24.9 Å². The first-order valence-corrected chi connectivity index (χ1v) is 6.63. The van der Waals surface area contributed by atoms with Crippen molar-refractivity contribution < 1.29 is 4.74 Å². The van der Waals surface area contributed by atoms with Gasteiger partial charge in [0.1, 0.15) is 0 Å². The minimum atomic E-state index is 0.515. The topological polar surface area (TPSA) is 21.3 Å². The van der Waals surface area contributed by atoms with Crippen LogP contribution >= 0.6 is 11.8 Å². The molecule has 0 aromatic rings. The molecule has 1 heterocycles. The van der Waals surface area contributed by atoms with Gasteiger partial charge in [-0.05, 0) is 24.5 Å². The van der Waals surface area contributed by atoms with E-state index in [1.807, 2.05) is 0 Å². The van der Waals surface area contributed by atoms with Gasteiger partial charge in [0.15, 0.2) is 0 Å². The molecule has 0 amide bonds. The van der Waals surface area contributed by atoms with Crippen LogP contribution in [0.5, 0.6) is 0 Å². The summed E-state index contributed by atoms with van der Waals surface area (Å²) in [6.07, 6.45) is 2.78. The molecule has 0 radical (unpaired) electrons. The normalized spacial score (nSPS) is 24.4. The van der Waals surface area contributed by atoms with Crippen molar-refractivity contribution in [3.63, 3.8) is 0 Å². The molecule has 2 atom stereocenters. The van der Waals surface area contributed by atoms with Crippen LogP contribution in [0.2, 0.25) is 0 Å². The van der Waals surface area contributed by atoms with E-state index in [-0.39, 0.29) is 0 Å². The van der Waals surface area contributed by atoms with Gasteiger partial charge in [0.2, 0.25) is 0 Å². The average Bonchev–Trinajstić information content (AvgIpc) is 2.64. The van der Waals surface area contributed by atoms with Crippen molar-refractivity contribution in [2.24, 2.45) is 5.92 Å². The lowest BCUT2D eigenvalue weighted by atomic mass is 10.1. The second-order valence-electron chi connectivity index (χ2n) is 4.35. The highest BCUT2D eigenvalue weighted by atomic mass is 32.2. The standard InChI is InChI=1S/C11H23NOS/c1-9(2)11(8-13-3)12-7-10-5-4-6-14-10/h9-12H,4-8H2,1-3H3/t10-,11-/m0/s1. The Kier molecular flexibility index (Phi) is 5.90. The van der Waals surface area contributed by atoms with E-state index in [2.05, 4.69) is 30.9 Å². The smallest absolute Gasteiger partial charge is 0.0618 e. The first-order valence-electron chi connectivity index (χ1n) is 5.58. The van der Waals surface area contributed by atoms with Gasteiger partial charge in [-0.15, -0.1) is 0 Å². The molecule has 0 bridgehead atoms. The Morgan fingerprint density at radius 1 is 1.50 bits per heavy atom. The van der Waals surface area contributed by atoms with Crippen LogP contribution < -0.4 is 5.32 Å². The minimum absolute atomic E-state index is 0.515. The Morgan fingerprint density at radius 2 is 2.29 bits per heavy atom. The van der Waals surface area contributed by atoms with Gasteiger partial charge in [-0.3, -0.25) is 0 Å². The van der Waals surface area contributed by atoms with E-state index < -0.39 is 0 Å². The molecule has 1 saturated heterocycles. The lowest BCUT2D eigenvalue weighted by molar-refractivity contribution is 0.147. The molecule has 1 N–H and O–H groups in total. The van der Waals surface area contributed by atoms with Crippen LogP contribution in [-0.2, 0) is 4.74 Å². The Bertz CT molecular complexity index is 146. The van der Waals surface area contributed by atoms with Crippen molar-refractivity contribution in [3.05, 3.63) is 0 Å². The maximum absolute atomic E-state index is 5.21. The monoisotopic (exact) mass is 217 g/mol. The molecule has 3 heteroatoms. The molecule has 0 aromatic carbocycles. The van der Waals surface area contributed by atoms with E-state index in [0.29, 0.717) is 12.0 Å². The molecule has 0 unspecified atom stereocenters. The summed E-state index contributed by atoms with van der Waals surface area (Å²) in [4.78, 5) is 0. The van der Waals surface area contributed by atoms with Crippen molar-refractivity contribution in [3.8, 4) is 0 Å². The molecule has 0 saturated carbocycles. The molecular weight excluding hydrogens is 194 g/mol. The van der Waals surface area contributed by atoms with Gasteiger partial charge in [0.25, 0.3) is 0 Å². The van der Waals surface area contributed by atoms with Gasteiger partial charge in [-0.1, -0.05) is 13.8 Å². The summed E-state index contributed by atoms with van der Waals surface area (Å²) in [6.45, 7) is 6.48. The van der Waals surface area contributed by atoms with Gasteiger partial charge >= 0.3 is 0 Å². The molecule has 0 spiro atoms. The number of rotatable bonds is 6. The highest BCUT2D eigenvalue weighted by Gasteiger charge is 2.18. The van der Waals surface area contributed by atoms with E-state index in [1.54, 1.807) is 7.11 Å². The molecule has 1 fully saturated rings. The summed E-state index contributed by atoms with van der Waals surface area (Å²) in [6, 6.07) is 0.515. The Labute approximate surface area is 92.2 Å². The summed E-state index contributed by atoms with van der Waals surface area (Å²) < 4.78 is 5.21. The maximum atomic E-state index is 5.21. The number of thioether (sulfide) groups is 1. The van der Waals surface area contributed by atoms with Crippen molar-refractivity contribution in [1.82, 2.24) is 5.32 Å². The molecule has 0 aliphatic carbocycles. The Balaban J connectivity index is 2.17. The summed E-state index contributed by atoms with van der Waals surface area (Å²) in [5.41, 5.74) is 0. The number of methoxy groups -OCH3 is 1. The largest absolute Gasteiger partial charge is 0.383 e. The van der Waals surface area contributed by atoms with Crippen LogP contribution in [0, 0.1) is 5.92 Å². The first kappa shape index (κ1) is 12.3. The van der Waals surface area contributed by atoms with Crippen molar-refractivity contribution in [2.45, 2.75) is 38.0 Å². The van der Waals surface area contributed by atoms with Crippen LogP contribution in [0.1, 0.15) is 26.7 Å². The fourth-order valence-corrected chi connectivity index (χ4v) is 2.97. The first-order chi connectivity index (χ1) is 6.74. The lowest BCUT2D eigenvalue weighted by Crippen LogP contribution is -2.40. The molecular formula is C11H23NOS. The Hall–Kier alpha value is 0.270. The SMILES string of the molecule is COC[C@H](NC[C@@H]1CCCS1)C(C)C. The second-order valence-corrected chi connectivity index (χ2v) is 5.76. The van der Waals surface area contributed by atoms with Crippen molar-refractivity contribution in [2.75, 3.05) is 26.0 Å². The highest BCUT2D eigenvalue weighted by Crippen LogP contribution is 2.25. The molecule has 1 rings (SSSR count). The van der Waals surface area contributed by atoms with Crippen LogP contribution in [0.25, 0.3) is 0 Å². The van der Waals surface area contributed by atoms with Gasteiger partial charge in [-0.2, -0.15) is 11.8 Å². The molecule has 84 valence electrons. The van der Waals surface area contributed by atoms with E-state index in [1.165, 1.54) is 18.6 Å². The zero-order valence-corrected chi connectivity index (χ0v) is 10.4. The lowest BCUT2D eigenvalue weighted by Gasteiger charge is -2.23. The van der Waals surface area contributed by atoms with Crippen LogP contribution in [0.3, 0.4) is 0 Å². The zero-order valence-electron chi connectivity index (χ0n) is 9.58. The molecule has 1 aliphatic heterocycles. The molecule has 1 aliphatic rings. The van der Waals surface area contributed by atoms with Crippen LogP contribution in [0.15, 0.2) is 0 Å². The van der Waals surface area contributed by atoms with E-state index in [9.17, 15) is 0 Å². The molecule has 2 nitrogen and oxygen atoms in total. The van der Waals surface area contributed by atoms with Crippen molar-refractivity contribution >= 4 is 11.8 Å². The number of hydrogen-bond acceptors (Lipinski definition) is 3. The second kappa shape index (κ2) is 6.70. The Morgan fingerprint density at radius 3 is 2.79 bits per heavy atom. The summed E-state index contributed by atoms with van der Waals surface area (Å²) in [7, 11) is 1.78. The zero-order chi connectivity index (χ0) is 10.4. The van der Waals surface area contributed by atoms with Gasteiger partial charge in [0.05, 0.1) is 6.61 Å². The van der Waals surface area contributed by atoms with Gasteiger partial charge in [-0.25, -0.2) is 0 Å². The number of ether oxygens (including phenoxy) is 1. The summed E-state index contributed by atoms with van der Waals surface area (Å²) in [5.74, 6) is 2.00. The third-order valence-corrected chi connectivity index (χ3v) is 4.18. The van der Waals surface area contributed by atoms with Gasteiger partial charge < -0.3 is 10.1 Å². The number of nitrogens with one attached hydrogen (secondary N) is 1. The molecule has 14 heavy (non-hydrogen) atoms. The predicted molar refractivity (Wildman–Crippen MR) is 64.0 cm³/mol. The average molecular weight is 217 g/mol. The summed E-state index contributed by atoms with van der Waals surface area (Å²) in [5, 5.41) is 4.46. The number of hydrogen-bond donors (Lipinski definition) is 1. The van der Waals surface area contributed by atoms with E-state index in [4.69, 9.17) is 4.74 Å². The maximum Gasteiger partial charge on any atom is 0.0618 e. The van der Waals surface area contributed by atoms with Crippen LogP contribution in [0.4, 0.5) is 0 Å². The van der Waals surface area contributed by atoms with E-state index >= 15 is 0 Å². The fraction of sp³-hybridized carbons (Fsp3) is 1.00. The quantitative estimate of drug-likeness (QED) is 0.736. The van der Waals surface area contributed by atoms with Crippen molar-refractivity contribution in [1.29, 1.82) is 0 Å². The third-order valence-electron chi connectivity index (χ3n) is 2.78. The fourth-order valence-electron chi connectivity index (χ4n) is 1.75. The minimum Gasteiger partial charge on any atom is -0.383 e. The molecule has 0 aromatic heterocycles. The predicted octanol–water partition coefficient (Wildman–Crippen LogP) is 2.14. The highest BCUT2D eigenvalue weighted by molar-refractivity contribution is 8.00. The third kappa shape index (κ3) is 4.20. The van der Waals surface area contributed by atoms with Crippen LogP contribution in [-0.4, -0.2) is 37.3 Å². The van der Waals surface area contributed by atoms with E-state index in [0.717, 1.165) is 18.4 Å².